The summed E-state index contributed by atoms with van der Waals surface area (Å²) >= 11 is 0. The molecule has 1 aromatic rings. The molecule has 13 heavy (non-hydrogen) atoms. The fourth-order valence-corrected chi connectivity index (χ4v) is 1.74. The molecule has 0 aromatic carbocycles. The predicted molar refractivity (Wildman–Crippen MR) is 53.9 cm³/mol. The van der Waals surface area contributed by atoms with Crippen LogP contribution in [-0.4, -0.2) is 15.8 Å². The van der Waals surface area contributed by atoms with E-state index in [2.05, 4.69) is 24.3 Å². The lowest BCUT2D eigenvalue weighted by Gasteiger charge is -2.27. The van der Waals surface area contributed by atoms with Crippen LogP contribution in [0.25, 0.3) is 0 Å². The Morgan fingerprint density at radius 1 is 1.38 bits per heavy atom. The average Bonchev–Trinajstić information content (AvgIpc) is 2.21. The number of hydrogen-bond acceptors (Lipinski definition) is 2. The van der Waals surface area contributed by atoms with Crippen molar-refractivity contribution in [2.45, 2.75) is 39.2 Å². The largest absolute Gasteiger partial charge is 0.379 e. The van der Waals surface area contributed by atoms with Gasteiger partial charge in [-0.3, -0.25) is 4.68 Å². The van der Waals surface area contributed by atoms with Crippen LogP contribution in [0.1, 0.15) is 30.7 Å². The Morgan fingerprint density at radius 2 is 2.08 bits per heavy atom. The van der Waals surface area contributed by atoms with E-state index in [9.17, 15) is 0 Å². The molecule has 0 saturated heterocycles. The fourth-order valence-electron chi connectivity index (χ4n) is 1.74. The minimum absolute atomic E-state index is 0.696. The third kappa shape index (κ3) is 1.43. The van der Waals surface area contributed by atoms with Gasteiger partial charge in [-0.05, 0) is 33.1 Å². The molecule has 3 nitrogen and oxygen atoms in total. The van der Waals surface area contributed by atoms with Gasteiger partial charge in [-0.15, -0.1) is 0 Å². The van der Waals surface area contributed by atoms with Crippen molar-refractivity contribution in [1.29, 1.82) is 0 Å². The SMILES string of the molecule is Cc1nn(C)c(C)c1NC1CCC1. The van der Waals surface area contributed by atoms with Crippen molar-refractivity contribution in [3.05, 3.63) is 11.4 Å². The Bertz CT molecular complexity index is 310. The highest BCUT2D eigenvalue weighted by molar-refractivity contribution is 5.52. The smallest absolute Gasteiger partial charge is 0.0827 e. The zero-order chi connectivity index (χ0) is 9.42. The second kappa shape index (κ2) is 3.05. The first-order valence-corrected chi connectivity index (χ1v) is 4.95. The van der Waals surface area contributed by atoms with Crippen LogP contribution in [0.15, 0.2) is 0 Å². The van der Waals surface area contributed by atoms with Gasteiger partial charge in [-0.2, -0.15) is 5.10 Å². The van der Waals surface area contributed by atoms with E-state index in [1.165, 1.54) is 30.6 Å². The molecule has 1 saturated carbocycles. The summed E-state index contributed by atoms with van der Waals surface area (Å²) in [5.74, 6) is 0. The van der Waals surface area contributed by atoms with Gasteiger partial charge in [0.15, 0.2) is 0 Å². The van der Waals surface area contributed by atoms with E-state index < -0.39 is 0 Å². The minimum atomic E-state index is 0.696. The molecule has 0 bridgehead atoms. The minimum Gasteiger partial charge on any atom is -0.379 e. The molecule has 0 amide bonds. The predicted octanol–water partition coefficient (Wildman–Crippen LogP) is 2.00. The lowest BCUT2D eigenvalue weighted by molar-refractivity contribution is 0.445. The van der Waals surface area contributed by atoms with E-state index in [4.69, 9.17) is 0 Å². The topological polar surface area (TPSA) is 29.9 Å². The molecule has 3 heteroatoms. The normalized spacial score (nSPS) is 17.2. The van der Waals surface area contributed by atoms with Crippen molar-refractivity contribution >= 4 is 5.69 Å². The number of aryl methyl sites for hydroxylation is 2. The Kier molecular flexibility index (Phi) is 2.02. The van der Waals surface area contributed by atoms with E-state index in [1.54, 1.807) is 0 Å². The molecule has 2 rings (SSSR count). The highest BCUT2D eigenvalue weighted by Crippen LogP contribution is 2.26. The zero-order valence-corrected chi connectivity index (χ0v) is 8.59. The van der Waals surface area contributed by atoms with Gasteiger partial charge in [-0.25, -0.2) is 0 Å². The fraction of sp³-hybridized carbons (Fsp3) is 0.700. The summed E-state index contributed by atoms with van der Waals surface area (Å²) in [6, 6.07) is 0.696. The molecule has 1 aliphatic carbocycles. The summed E-state index contributed by atoms with van der Waals surface area (Å²) in [7, 11) is 1.99. The lowest BCUT2D eigenvalue weighted by Crippen LogP contribution is -2.27. The molecular weight excluding hydrogens is 162 g/mol. The van der Waals surface area contributed by atoms with Crippen LogP contribution < -0.4 is 5.32 Å². The van der Waals surface area contributed by atoms with Gasteiger partial charge in [0.2, 0.25) is 0 Å². The van der Waals surface area contributed by atoms with Crippen molar-refractivity contribution in [3.8, 4) is 0 Å². The van der Waals surface area contributed by atoms with E-state index in [0.29, 0.717) is 6.04 Å². The first-order chi connectivity index (χ1) is 6.18. The van der Waals surface area contributed by atoms with Gasteiger partial charge in [0.25, 0.3) is 0 Å². The molecule has 1 heterocycles. The van der Waals surface area contributed by atoms with Crippen molar-refractivity contribution in [2.24, 2.45) is 7.05 Å². The summed E-state index contributed by atoms with van der Waals surface area (Å²) in [6.07, 6.45) is 4.00. The maximum Gasteiger partial charge on any atom is 0.0827 e. The maximum absolute atomic E-state index is 4.38. The number of aromatic nitrogens is 2. The monoisotopic (exact) mass is 179 g/mol. The van der Waals surface area contributed by atoms with Gasteiger partial charge in [0, 0.05) is 13.1 Å². The van der Waals surface area contributed by atoms with Crippen molar-refractivity contribution in [3.63, 3.8) is 0 Å². The third-order valence-corrected chi connectivity index (χ3v) is 2.96. The number of hydrogen-bond donors (Lipinski definition) is 1. The first-order valence-electron chi connectivity index (χ1n) is 4.95. The molecule has 1 aromatic heterocycles. The van der Waals surface area contributed by atoms with Crippen LogP contribution in [0.4, 0.5) is 5.69 Å². The van der Waals surface area contributed by atoms with E-state index in [1.807, 2.05) is 11.7 Å². The Morgan fingerprint density at radius 3 is 2.46 bits per heavy atom. The van der Waals surface area contributed by atoms with E-state index >= 15 is 0 Å². The molecule has 0 radical (unpaired) electrons. The van der Waals surface area contributed by atoms with E-state index in [0.717, 1.165) is 5.69 Å². The summed E-state index contributed by atoms with van der Waals surface area (Å²) in [5.41, 5.74) is 3.60. The van der Waals surface area contributed by atoms with Gasteiger partial charge in [0.1, 0.15) is 0 Å². The number of rotatable bonds is 2. The highest BCUT2D eigenvalue weighted by Gasteiger charge is 2.19. The second-order valence-corrected chi connectivity index (χ2v) is 3.94. The zero-order valence-electron chi connectivity index (χ0n) is 8.59. The van der Waals surface area contributed by atoms with Crippen LogP contribution in [0.2, 0.25) is 0 Å². The Balaban J connectivity index is 2.17. The van der Waals surface area contributed by atoms with Crippen molar-refractivity contribution in [2.75, 3.05) is 5.32 Å². The molecule has 1 fully saturated rings. The quantitative estimate of drug-likeness (QED) is 0.752. The molecule has 72 valence electrons. The number of nitrogens with zero attached hydrogens (tertiary/aromatic N) is 2. The first kappa shape index (κ1) is 8.60. The number of nitrogens with one attached hydrogen (secondary N) is 1. The molecule has 1 aliphatic rings. The van der Waals surface area contributed by atoms with Crippen LogP contribution in [0.5, 0.6) is 0 Å². The number of anilines is 1. The molecule has 0 aliphatic heterocycles. The van der Waals surface area contributed by atoms with Gasteiger partial charge in [-0.1, -0.05) is 0 Å². The summed E-state index contributed by atoms with van der Waals surface area (Å²) in [4.78, 5) is 0. The van der Waals surface area contributed by atoms with Crippen molar-refractivity contribution < 1.29 is 0 Å². The molecular formula is C10H17N3. The van der Waals surface area contributed by atoms with Gasteiger partial charge >= 0.3 is 0 Å². The lowest BCUT2D eigenvalue weighted by atomic mass is 9.93. The molecule has 0 spiro atoms. The Hall–Kier alpha value is -0.990. The molecule has 1 N–H and O–H groups in total. The van der Waals surface area contributed by atoms with Gasteiger partial charge < -0.3 is 5.32 Å². The summed E-state index contributed by atoms with van der Waals surface area (Å²) in [5, 5.41) is 7.93. The van der Waals surface area contributed by atoms with E-state index in [-0.39, 0.29) is 0 Å². The van der Waals surface area contributed by atoms with Crippen LogP contribution in [0.3, 0.4) is 0 Å². The third-order valence-electron chi connectivity index (χ3n) is 2.96. The summed E-state index contributed by atoms with van der Waals surface area (Å²) in [6.45, 7) is 4.18. The van der Waals surface area contributed by atoms with Crippen LogP contribution >= 0.6 is 0 Å². The standard InChI is InChI=1S/C10H17N3/c1-7-10(8(2)13(3)12-7)11-9-5-4-6-9/h9,11H,4-6H2,1-3H3. The van der Waals surface area contributed by atoms with Gasteiger partial charge in [0.05, 0.1) is 17.1 Å². The Labute approximate surface area is 79.1 Å². The maximum atomic E-state index is 4.38. The summed E-state index contributed by atoms with van der Waals surface area (Å²) < 4.78 is 1.94. The van der Waals surface area contributed by atoms with Crippen LogP contribution in [-0.2, 0) is 7.05 Å². The molecule has 0 unspecified atom stereocenters. The average molecular weight is 179 g/mol. The molecule has 0 atom stereocenters. The van der Waals surface area contributed by atoms with Crippen LogP contribution in [0, 0.1) is 13.8 Å². The van der Waals surface area contributed by atoms with Crippen molar-refractivity contribution in [1.82, 2.24) is 9.78 Å². The highest BCUT2D eigenvalue weighted by atomic mass is 15.3. The second-order valence-electron chi connectivity index (χ2n) is 3.94.